The molecule has 28 heavy (non-hydrogen) atoms. The quantitative estimate of drug-likeness (QED) is 0.655. The van der Waals surface area contributed by atoms with Gasteiger partial charge in [0, 0.05) is 36.8 Å². The highest BCUT2D eigenvalue weighted by molar-refractivity contribution is 5.75. The number of rotatable bonds is 8. The number of pyridine rings is 1. The van der Waals surface area contributed by atoms with Crippen LogP contribution in [0.4, 0.5) is 0 Å². The van der Waals surface area contributed by atoms with Gasteiger partial charge in [0.25, 0.3) is 5.56 Å². The fourth-order valence-electron chi connectivity index (χ4n) is 2.93. The highest BCUT2D eigenvalue weighted by Gasteiger charge is 2.08. The van der Waals surface area contributed by atoms with Gasteiger partial charge in [0.1, 0.15) is 12.4 Å². The Morgan fingerprint density at radius 3 is 2.50 bits per heavy atom. The van der Waals surface area contributed by atoms with Gasteiger partial charge in [-0.25, -0.2) is 0 Å². The van der Waals surface area contributed by atoms with E-state index in [1.807, 2.05) is 67.6 Å². The average molecular weight is 376 g/mol. The number of hydrogen-bond acceptors (Lipinski definition) is 3. The number of hydrogen-bond donors (Lipinski definition) is 1. The Balaban J connectivity index is 1.54. The zero-order valence-corrected chi connectivity index (χ0v) is 15.9. The van der Waals surface area contributed by atoms with E-state index in [4.69, 9.17) is 4.74 Å². The number of nitrogens with one attached hydrogen (secondary N) is 1. The maximum Gasteiger partial charge on any atom is 0.250 e. The van der Waals surface area contributed by atoms with Gasteiger partial charge in [0.15, 0.2) is 0 Å². The molecular weight excluding hydrogens is 352 g/mol. The van der Waals surface area contributed by atoms with Crippen molar-refractivity contribution in [3.8, 4) is 5.75 Å². The Hall–Kier alpha value is -3.34. The van der Waals surface area contributed by atoms with Crippen molar-refractivity contribution < 1.29 is 9.53 Å². The average Bonchev–Trinajstić information content (AvgIpc) is 2.71. The van der Waals surface area contributed by atoms with Crippen LogP contribution in [0.5, 0.6) is 5.75 Å². The van der Waals surface area contributed by atoms with Crippen LogP contribution < -0.4 is 15.6 Å². The molecule has 3 rings (SSSR count). The number of aryl methyl sites for hydroxylation is 1. The summed E-state index contributed by atoms with van der Waals surface area (Å²) in [6, 6.07) is 22.7. The summed E-state index contributed by atoms with van der Waals surface area (Å²) < 4.78 is 7.53. The van der Waals surface area contributed by atoms with Crippen LogP contribution >= 0.6 is 0 Å². The molecule has 3 aromatic rings. The second-order valence-corrected chi connectivity index (χ2v) is 6.57. The van der Waals surface area contributed by atoms with Crippen LogP contribution in [-0.4, -0.2) is 10.5 Å². The Bertz CT molecular complexity index is 980. The van der Waals surface area contributed by atoms with Crippen molar-refractivity contribution in [3.63, 3.8) is 0 Å². The van der Waals surface area contributed by atoms with Crippen LogP contribution in [0.1, 0.15) is 23.2 Å². The first-order valence-electron chi connectivity index (χ1n) is 9.31. The summed E-state index contributed by atoms with van der Waals surface area (Å²) in [4.78, 5) is 24.1. The van der Waals surface area contributed by atoms with Crippen LogP contribution in [-0.2, 0) is 24.5 Å². The minimum Gasteiger partial charge on any atom is -0.489 e. The molecule has 0 aliphatic heterocycles. The van der Waals surface area contributed by atoms with E-state index in [9.17, 15) is 9.59 Å². The van der Waals surface area contributed by atoms with Gasteiger partial charge in [-0.3, -0.25) is 9.59 Å². The normalized spacial score (nSPS) is 10.5. The van der Waals surface area contributed by atoms with E-state index in [1.165, 1.54) is 6.07 Å². The molecule has 0 aliphatic rings. The summed E-state index contributed by atoms with van der Waals surface area (Å²) in [7, 11) is 0. The molecule has 5 nitrogen and oxygen atoms in total. The molecule has 0 saturated heterocycles. The second-order valence-electron chi connectivity index (χ2n) is 6.57. The smallest absolute Gasteiger partial charge is 0.250 e. The number of carbonyl (C=O) groups is 1. The molecule has 0 atom stereocenters. The largest absolute Gasteiger partial charge is 0.489 e. The van der Waals surface area contributed by atoms with Crippen molar-refractivity contribution in [2.24, 2.45) is 0 Å². The Morgan fingerprint density at radius 1 is 0.964 bits per heavy atom. The lowest BCUT2D eigenvalue weighted by Crippen LogP contribution is -2.27. The molecular formula is C23H24N2O3. The van der Waals surface area contributed by atoms with Crippen LogP contribution in [0.3, 0.4) is 0 Å². The lowest BCUT2D eigenvalue weighted by Gasteiger charge is -2.13. The van der Waals surface area contributed by atoms with Crippen molar-refractivity contribution in [2.45, 2.75) is 33.0 Å². The number of benzene rings is 2. The van der Waals surface area contributed by atoms with Crippen molar-refractivity contribution in [1.29, 1.82) is 0 Å². The van der Waals surface area contributed by atoms with Crippen molar-refractivity contribution in [1.82, 2.24) is 9.88 Å². The fourth-order valence-corrected chi connectivity index (χ4v) is 2.93. The second kappa shape index (κ2) is 9.55. The van der Waals surface area contributed by atoms with Crippen LogP contribution in [0.2, 0.25) is 0 Å². The maximum absolute atomic E-state index is 12.2. The van der Waals surface area contributed by atoms with Gasteiger partial charge < -0.3 is 14.6 Å². The van der Waals surface area contributed by atoms with Gasteiger partial charge in [0.05, 0.1) is 0 Å². The van der Waals surface area contributed by atoms with Crippen LogP contribution in [0.15, 0.2) is 77.6 Å². The van der Waals surface area contributed by atoms with Crippen molar-refractivity contribution in [3.05, 3.63) is 100.0 Å². The summed E-state index contributed by atoms with van der Waals surface area (Å²) in [5.41, 5.74) is 2.76. The topological polar surface area (TPSA) is 60.3 Å². The monoisotopic (exact) mass is 376 g/mol. The molecule has 1 heterocycles. The van der Waals surface area contributed by atoms with Crippen LogP contribution in [0, 0.1) is 6.92 Å². The SMILES string of the molecule is Cc1cccc(=O)n1CCC(=O)NCc1ccccc1OCc1ccccc1. The van der Waals surface area contributed by atoms with Gasteiger partial charge in [-0.05, 0) is 24.6 Å². The van der Waals surface area contributed by atoms with E-state index in [1.54, 1.807) is 10.6 Å². The van der Waals surface area contributed by atoms with Crippen molar-refractivity contribution in [2.75, 3.05) is 0 Å². The predicted molar refractivity (Wildman–Crippen MR) is 109 cm³/mol. The van der Waals surface area contributed by atoms with Gasteiger partial charge in [0.2, 0.25) is 5.91 Å². The van der Waals surface area contributed by atoms with Crippen molar-refractivity contribution >= 4 is 5.91 Å². The summed E-state index contributed by atoms with van der Waals surface area (Å²) in [5.74, 6) is 0.648. The minimum absolute atomic E-state index is 0.0903. The minimum atomic E-state index is -0.104. The molecule has 2 aromatic carbocycles. The molecule has 0 bridgehead atoms. The number of aromatic nitrogens is 1. The highest BCUT2D eigenvalue weighted by atomic mass is 16.5. The summed E-state index contributed by atoms with van der Waals surface area (Å²) in [5, 5.41) is 2.91. The van der Waals surface area contributed by atoms with E-state index in [-0.39, 0.29) is 17.9 Å². The molecule has 144 valence electrons. The van der Waals surface area contributed by atoms with Gasteiger partial charge in [-0.2, -0.15) is 0 Å². The molecule has 5 heteroatoms. The van der Waals surface area contributed by atoms with E-state index in [0.29, 0.717) is 19.7 Å². The first-order chi connectivity index (χ1) is 13.6. The lowest BCUT2D eigenvalue weighted by molar-refractivity contribution is -0.121. The zero-order chi connectivity index (χ0) is 19.8. The Labute approximate surface area is 164 Å². The summed E-state index contributed by atoms with van der Waals surface area (Å²) in [6.45, 7) is 3.08. The van der Waals surface area contributed by atoms with Gasteiger partial charge >= 0.3 is 0 Å². The molecule has 0 fully saturated rings. The number of amides is 1. The summed E-state index contributed by atoms with van der Waals surface area (Å²) in [6.07, 6.45) is 0.248. The van der Waals surface area contributed by atoms with Crippen LogP contribution in [0.25, 0.3) is 0 Å². The molecule has 0 radical (unpaired) electrons. The number of nitrogens with zero attached hydrogens (tertiary/aromatic N) is 1. The van der Waals surface area contributed by atoms with E-state index < -0.39 is 0 Å². The Morgan fingerprint density at radius 2 is 1.71 bits per heavy atom. The molecule has 1 amide bonds. The third-order valence-electron chi connectivity index (χ3n) is 4.52. The molecule has 0 saturated carbocycles. The molecule has 0 aliphatic carbocycles. The molecule has 0 spiro atoms. The van der Waals surface area contributed by atoms with Gasteiger partial charge in [-0.1, -0.05) is 54.6 Å². The predicted octanol–water partition coefficient (Wildman–Crippen LogP) is 3.44. The molecule has 1 N–H and O–H groups in total. The third-order valence-corrected chi connectivity index (χ3v) is 4.52. The van der Waals surface area contributed by atoms with Gasteiger partial charge in [-0.15, -0.1) is 0 Å². The third kappa shape index (κ3) is 5.33. The van der Waals surface area contributed by atoms with E-state index >= 15 is 0 Å². The highest BCUT2D eigenvalue weighted by Crippen LogP contribution is 2.19. The number of ether oxygens (including phenoxy) is 1. The first kappa shape index (κ1) is 19.4. The molecule has 1 aromatic heterocycles. The zero-order valence-electron chi connectivity index (χ0n) is 15.9. The fraction of sp³-hybridized carbons (Fsp3) is 0.217. The Kier molecular flexibility index (Phi) is 6.63. The lowest BCUT2D eigenvalue weighted by atomic mass is 10.2. The number of para-hydroxylation sites is 1. The summed E-state index contributed by atoms with van der Waals surface area (Å²) >= 11 is 0. The maximum atomic E-state index is 12.2. The van der Waals surface area contributed by atoms with E-state index in [2.05, 4.69) is 5.32 Å². The van der Waals surface area contributed by atoms with E-state index in [0.717, 1.165) is 22.6 Å². The standard InChI is InChI=1S/C23H24N2O3/c1-18-8-7-13-23(27)25(18)15-14-22(26)24-16-20-11-5-6-12-21(20)28-17-19-9-3-2-4-10-19/h2-13H,14-17H2,1H3,(H,24,26). The molecule has 0 unspecified atom stereocenters. The number of carbonyl (C=O) groups excluding carboxylic acids is 1. The first-order valence-corrected chi connectivity index (χ1v) is 9.31.